The normalized spacial score (nSPS) is 10.7. The van der Waals surface area contributed by atoms with Crippen molar-refractivity contribution in [1.82, 2.24) is 20.5 Å². The van der Waals surface area contributed by atoms with Gasteiger partial charge in [-0.2, -0.15) is 5.10 Å². The molecule has 0 fully saturated rings. The van der Waals surface area contributed by atoms with E-state index in [4.69, 9.17) is 0 Å². The minimum Gasteiger partial charge on any atom is -0.345 e. The number of aromatic nitrogens is 3. The number of nitrogens with one attached hydrogen (secondary N) is 2. The van der Waals surface area contributed by atoms with E-state index in [0.717, 1.165) is 15.6 Å². The van der Waals surface area contributed by atoms with Gasteiger partial charge in [-0.3, -0.25) is 9.89 Å². The van der Waals surface area contributed by atoms with Gasteiger partial charge in [0.05, 0.1) is 29.7 Å². The maximum Gasteiger partial charge on any atom is 0.255 e. The maximum atomic E-state index is 13.4. The highest BCUT2D eigenvalue weighted by atomic mass is 32.1. The second-order valence-corrected chi connectivity index (χ2v) is 6.39. The maximum absolute atomic E-state index is 13.4. The van der Waals surface area contributed by atoms with Crippen LogP contribution < -0.4 is 5.32 Å². The standard InChI is InChI=1S/C16H15FN4OS/c1-9-10(2)23-14(20-9)8-18-16(22)13-7-19-21-15(13)11-4-3-5-12(17)6-11/h3-7H,8H2,1-2H3,(H,18,22)(H,19,21). The molecule has 5 nitrogen and oxygen atoms in total. The Morgan fingerprint density at radius 2 is 2.22 bits per heavy atom. The summed E-state index contributed by atoms with van der Waals surface area (Å²) in [5, 5.41) is 10.3. The lowest BCUT2D eigenvalue weighted by atomic mass is 10.1. The van der Waals surface area contributed by atoms with Crippen LogP contribution in [0.25, 0.3) is 11.3 Å². The number of carbonyl (C=O) groups excluding carboxylic acids is 1. The van der Waals surface area contributed by atoms with Gasteiger partial charge < -0.3 is 5.32 Å². The Hall–Kier alpha value is -2.54. The van der Waals surface area contributed by atoms with Crippen LogP contribution in [0.4, 0.5) is 4.39 Å². The zero-order valence-corrected chi connectivity index (χ0v) is 13.5. The third-order valence-electron chi connectivity index (χ3n) is 3.47. The molecule has 2 N–H and O–H groups in total. The van der Waals surface area contributed by atoms with Crippen molar-refractivity contribution in [2.45, 2.75) is 20.4 Å². The molecule has 118 valence electrons. The first kappa shape index (κ1) is 15.4. The first-order valence-corrected chi connectivity index (χ1v) is 7.86. The Bertz CT molecular complexity index is 836. The van der Waals surface area contributed by atoms with Gasteiger partial charge in [-0.25, -0.2) is 9.37 Å². The second-order valence-electron chi connectivity index (χ2n) is 5.10. The molecule has 1 amide bonds. The van der Waals surface area contributed by atoms with Crippen molar-refractivity contribution in [3.05, 3.63) is 57.4 Å². The fraction of sp³-hybridized carbons (Fsp3) is 0.188. The van der Waals surface area contributed by atoms with Crippen LogP contribution in [0.5, 0.6) is 0 Å². The molecule has 7 heteroatoms. The third kappa shape index (κ3) is 3.29. The number of nitrogens with zero attached hydrogens (tertiary/aromatic N) is 2. The summed E-state index contributed by atoms with van der Waals surface area (Å²) in [6.07, 6.45) is 1.44. The number of aromatic amines is 1. The number of aryl methyl sites for hydroxylation is 2. The summed E-state index contributed by atoms with van der Waals surface area (Å²) in [4.78, 5) is 17.9. The highest BCUT2D eigenvalue weighted by Gasteiger charge is 2.16. The Balaban J connectivity index is 1.77. The smallest absolute Gasteiger partial charge is 0.255 e. The largest absolute Gasteiger partial charge is 0.345 e. The Kier molecular flexibility index (Phi) is 4.20. The molecular weight excluding hydrogens is 315 g/mol. The summed E-state index contributed by atoms with van der Waals surface area (Å²) in [5.41, 5.74) is 2.42. The number of H-pyrrole nitrogens is 1. The van der Waals surface area contributed by atoms with Gasteiger partial charge in [0, 0.05) is 10.4 Å². The number of rotatable bonds is 4. The van der Waals surface area contributed by atoms with Crippen molar-refractivity contribution >= 4 is 17.2 Å². The highest BCUT2D eigenvalue weighted by molar-refractivity contribution is 7.11. The zero-order chi connectivity index (χ0) is 16.4. The van der Waals surface area contributed by atoms with Crippen LogP contribution in [0.1, 0.15) is 25.9 Å². The molecule has 3 rings (SSSR count). The number of carbonyl (C=O) groups is 1. The predicted octanol–water partition coefficient (Wildman–Crippen LogP) is 3.22. The lowest BCUT2D eigenvalue weighted by molar-refractivity contribution is 0.0951. The van der Waals surface area contributed by atoms with Gasteiger partial charge in [0.15, 0.2) is 0 Å². The Morgan fingerprint density at radius 1 is 1.39 bits per heavy atom. The van der Waals surface area contributed by atoms with Crippen LogP contribution in [-0.4, -0.2) is 21.1 Å². The molecular formula is C16H15FN4OS. The highest BCUT2D eigenvalue weighted by Crippen LogP contribution is 2.22. The Labute approximate surface area is 136 Å². The van der Waals surface area contributed by atoms with Crippen molar-refractivity contribution in [3.8, 4) is 11.3 Å². The van der Waals surface area contributed by atoms with Gasteiger partial charge >= 0.3 is 0 Å². The summed E-state index contributed by atoms with van der Waals surface area (Å²) in [7, 11) is 0. The van der Waals surface area contributed by atoms with Gasteiger partial charge in [-0.1, -0.05) is 12.1 Å². The number of hydrogen-bond donors (Lipinski definition) is 2. The molecule has 0 radical (unpaired) electrons. The average molecular weight is 330 g/mol. The van der Waals surface area contributed by atoms with Gasteiger partial charge in [0.2, 0.25) is 0 Å². The molecule has 3 aromatic rings. The van der Waals surface area contributed by atoms with Crippen LogP contribution in [0.3, 0.4) is 0 Å². The zero-order valence-electron chi connectivity index (χ0n) is 12.7. The first-order valence-electron chi connectivity index (χ1n) is 7.05. The predicted molar refractivity (Wildman–Crippen MR) is 86.7 cm³/mol. The quantitative estimate of drug-likeness (QED) is 0.771. The number of benzene rings is 1. The monoisotopic (exact) mass is 330 g/mol. The molecule has 0 atom stereocenters. The molecule has 0 spiro atoms. The first-order chi connectivity index (χ1) is 11.0. The van der Waals surface area contributed by atoms with Gasteiger partial charge in [0.1, 0.15) is 10.8 Å². The molecule has 0 aliphatic carbocycles. The molecule has 0 saturated carbocycles. The van der Waals surface area contributed by atoms with E-state index in [0.29, 0.717) is 23.4 Å². The van der Waals surface area contributed by atoms with E-state index >= 15 is 0 Å². The topological polar surface area (TPSA) is 70.7 Å². The molecule has 0 aliphatic rings. The summed E-state index contributed by atoms with van der Waals surface area (Å²) in [6, 6.07) is 6.03. The lowest BCUT2D eigenvalue weighted by Crippen LogP contribution is -2.22. The van der Waals surface area contributed by atoms with Crippen molar-refractivity contribution in [2.24, 2.45) is 0 Å². The Morgan fingerprint density at radius 3 is 2.91 bits per heavy atom. The number of hydrogen-bond acceptors (Lipinski definition) is 4. The average Bonchev–Trinajstić information content (AvgIpc) is 3.12. The molecule has 0 aliphatic heterocycles. The second kappa shape index (κ2) is 6.29. The van der Waals surface area contributed by atoms with E-state index < -0.39 is 0 Å². The minimum absolute atomic E-state index is 0.275. The summed E-state index contributed by atoms with van der Waals surface area (Å²) in [6.45, 7) is 4.29. The summed E-state index contributed by atoms with van der Waals surface area (Å²) < 4.78 is 13.4. The minimum atomic E-state index is -0.364. The van der Waals surface area contributed by atoms with Crippen LogP contribution in [0.2, 0.25) is 0 Å². The van der Waals surface area contributed by atoms with Crippen LogP contribution in [-0.2, 0) is 6.54 Å². The van der Waals surface area contributed by atoms with E-state index in [1.807, 2.05) is 13.8 Å². The molecule has 2 heterocycles. The molecule has 2 aromatic heterocycles. The summed E-state index contributed by atoms with van der Waals surface area (Å²) in [5.74, 6) is -0.638. The SMILES string of the molecule is Cc1nc(CNC(=O)c2cn[nH]c2-c2cccc(F)c2)sc1C. The van der Waals surface area contributed by atoms with Crippen LogP contribution >= 0.6 is 11.3 Å². The lowest BCUT2D eigenvalue weighted by Gasteiger charge is -2.04. The molecule has 1 aromatic carbocycles. The molecule has 0 saturated heterocycles. The van der Waals surface area contributed by atoms with Crippen molar-refractivity contribution in [2.75, 3.05) is 0 Å². The van der Waals surface area contributed by atoms with E-state index in [9.17, 15) is 9.18 Å². The molecule has 0 bridgehead atoms. The summed E-state index contributed by atoms with van der Waals surface area (Å²) >= 11 is 1.56. The molecule has 23 heavy (non-hydrogen) atoms. The molecule has 0 unspecified atom stereocenters. The number of halogens is 1. The van der Waals surface area contributed by atoms with Gasteiger partial charge in [-0.15, -0.1) is 11.3 Å². The van der Waals surface area contributed by atoms with Crippen molar-refractivity contribution < 1.29 is 9.18 Å². The van der Waals surface area contributed by atoms with Crippen molar-refractivity contribution in [3.63, 3.8) is 0 Å². The number of thiazole rings is 1. The number of amides is 1. The van der Waals surface area contributed by atoms with E-state index in [1.165, 1.54) is 18.3 Å². The van der Waals surface area contributed by atoms with E-state index in [1.54, 1.807) is 23.5 Å². The van der Waals surface area contributed by atoms with E-state index in [-0.39, 0.29) is 11.7 Å². The van der Waals surface area contributed by atoms with Gasteiger partial charge in [-0.05, 0) is 26.0 Å². The fourth-order valence-electron chi connectivity index (χ4n) is 2.19. The van der Waals surface area contributed by atoms with Crippen molar-refractivity contribution in [1.29, 1.82) is 0 Å². The fourth-order valence-corrected chi connectivity index (χ4v) is 3.06. The van der Waals surface area contributed by atoms with Crippen LogP contribution in [0.15, 0.2) is 30.5 Å². The third-order valence-corrected chi connectivity index (χ3v) is 4.54. The van der Waals surface area contributed by atoms with Crippen LogP contribution in [0, 0.1) is 19.7 Å². The van der Waals surface area contributed by atoms with Gasteiger partial charge in [0.25, 0.3) is 5.91 Å². The van der Waals surface area contributed by atoms with E-state index in [2.05, 4.69) is 20.5 Å².